The van der Waals surface area contributed by atoms with Gasteiger partial charge in [-0.1, -0.05) is 0 Å². The molecular weight excluding hydrogens is 122 g/mol. The molecule has 0 saturated heterocycles. The predicted octanol–water partition coefficient (Wildman–Crippen LogP) is 2.31. The Labute approximate surface area is 55.3 Å². The highest BCUT2D eigenvalue weighted by atomic mass is 35.5. The van der Waals surface area contributed by atoms with Gasteiger partial charge in [0.05, 0.1) is 6.07 Å². The summed E-state index contributed by atoms with van der Waals surface area (Å²) in [6, 6.07) is 2.06. The van der Waals surface area contributed by atoms with E-state index in [1.54, 1.807) is 0 Å². The first-order valence-electron chi connectivity index (χ1n) is 2.78. The van der Waals surface area contributed by atoms with Crippen LogP contribution in [0.2, 0.25) is 0 Å². The number of hydrogen-bond donors (Lipinski definition) is 0. The summed E-state index contributed by atoms with van der Waals surface area (Å²) >= 11 is 5.60. The Morgan fingerprint density at radius 3 is 2.75 bits per heavy atom. The molecule has 0 N–H and O–H groups in total. The van der Waals surface area contributed by atoms with E-state index in [0.717, 1.165) is 12.8 Å². The maximum Gasteiger partial charge on any atom is 0.0621 e. The summed E-state index contributed by atoms with van der Waals surface area (Å²) in [4.78, 5) is 0. The van der Waals surface area contributed by atoms with Crippen LogP contribution in [0.15, 0.2) is 0 Å². The lowest BCUT2D eigenvalue weighted by molar-refractivity contribution is 0.740. The number of hydrogen-bond acceptors (Lipinski definition) is 1. The van der Waals surface area contributed by atoms with Crippen molar-refractivity contribution in [2.75, 3.05) is 0 Å². The van der Waals surface area contributed by atoms with Crippen molar-refractivity contribution in [3.8, 4) is 6.07 Å². The summed E-state index contributed by atoms with van der Waals surface area (Å²) in [6.45, 7) is 1.94. The van der Waals surface area contributed by atoms with Crippen molar-refractivity contribution in [1.82, 2.24) is 0 Å². The van der Waals surface area contributed by atoms with Gasteiger partial charge >= 0.3 is 0 Å². The number of halogens is 1. The molecule has 2 heteroatoms. The molecule has 0 bridgehead atoms. The molecular formula is C6H10ClN. The molecule has 0 aromatic carbocycles. The van der Waals surface area contributed by atoms with Crippen molar-refractivity contribution in [3.05, 3.63) is 0 Å². The third-order valence-corrected chi connectivity index (χ3v) is 1.11. The van der Waals surface area contributed by atoms with E-state index in [2.05, 4.69) is 6.07 Å². The average molecular weight is 132 g/mol. The molecule has 0 aliphatic heterocycles. The van der Waals surface area contributed by atoms with Crippen LogP contribution in [0.4, 0.5) is 0 Å². The van der Waals surface area contributed by atoms with E-state index in [-0.39, 0.29) is 5.38 Å². The number of unbranched alkanes of at least 4 members (excludes halogenated alkanes) is 1. The zero-order valence-corrected chi connectivity index (χ0v) is 5.78. The van der Waals surface area contributed by atoms with E-state index >= 15 is 0 Å². The second kappa shape index (κ2) is 4.93. The summed E-state index contributed by atoms with van der Waals surface area (Å²) in [5, 5.41) is 8.31. The predicted molar refractivity (Wildman–Crippen MR) is 34.8 cm³/mol. The monoisotopic (exact) mass is 131 g/mol. The highest BCUT2D eigenvalue weighted by molar-refractivity contribution is 6.20. The molecule has 0 aromatic rings. The van der Waals surface area contributed by atoms with Crippen LogP contribution in [0.5, 0.6) is 0 Å². The van der Waals surface area contributed by atoms with Gasteiger partial charge in [-0.2, -0.15) is 5.26 Å². The molecule has 1 unspecified atom stereocenters. The van der Waals surface area contributed by atoms with Crippen LogP contribution in [0.3, 0.4) is 0 Å². The number of nitriles is 1. The first-order valence-corrected chi connectivity index (χ1v) is 3.22. The minimum Gasteiger partial charge on any atom is -0.198 e. The molecule has 0 spiro atoms. The number of rotatable bonds is 3. The van der Waals surface area contributed by atoms with E-state index in [1.807, 2.05) is 6.92 Å². The normalized spacial score (nSPS) is 12.6. The fourth-order valence-corrected chi connectivity index (χ4v) is 0.617. The maximum atomic E-state index is 8.09. The summed E-state index contributed by atoms with van der Waals surface area (Å²) in [5.41, 5.74) is 0. The summed E-state index contributed by atoms with van der Waals surface area (Å²) in [7, 11) is 0. The molecule has 8 heavy (non-hydrogen) atoms. The fourth-order valence-electron chi connectivity index (χ4n) is 0.462. The molecule has 0 heterocycles. The van der Waals surface area contributed by atoms with Crippen molar-refractivity contribution in [3.63, 3.8) is 0 Å². The van der Waals surface area contributed by atoms with Gasteiger partial charge in [0.1, 0.15) is 0 Å². The lowest BCUT2D eigenvalue weighted by Crippen LogP contribution is -1.88. The van der Waals surface area contributed by atoms with Gasteiger partial charge in [0.15, 0.2) is 0 Å². The Morgan fingerprint density at radius 1 is 1.75 bits per heavy atom. The van der Waals surface area contributed by atoms with Crippen molar-refractivity contribution in [2.45, 2.75) is 31.6 Å². The van der Waals surface area contributed by atoms with Gasteiger partial charge in [-0.25, -0.2) is 0 Å². The van der Waals surface area contributed by atoms with Gasteiger partial charge in [0.2, 0.25) is 0 Å². The van der Waals surface area contributed by atoms with Gasteiger partial charge in [-0.3, -0.25) is 0 Å². The number of alkyl halides is 1. The summed E-state index contributed by atoms with van der Waals surface area (Å²) < 4.78 is 0. The van der Waals surface area contributed by atoms with E-state index in [0.29, 0.717) is 6.42 Å². The molecule has 0 aromatic heterocycles. The second-order valence-corrected chi connectivity index (χ2v) is 2.58. The van der Waals surface area contributed by atoms with Crippen LogP contribution in [0.25, 0.3) is 0 Å². The standard InChI is InChI=1S/C6H10ClN/c1-6(7)4-2-3-5-8/h6H,2-4H2,1H3. The Kier molecular flexibility index (Phi) is 4.79. The Morgan fingerprint density at radius 2 is 2.38 bits per heavy atom. The summed E-state index contributed by atoms with van der Waals surface area (Å²) in [5.74, 6) is 0. The molecule has 0 amide bonds. The average Bonchev–Trinajstić information content (AvgIpc) is 1.66. The topological polar surface area (TPSA) is 23.8 Å². The van der Waals surface area contributed by atoms with Crippen LogP contribution < -0.4 is 0 Å². The molecule has 0 aliphatic carbocycles. The van der Waals surface area contributed by atoms with Crippen molar-refractivity contribution in [1.29, 1.82) is 5.26 Å². The fraction of sp³-hybridized carbons (Fsp3) is 0.833. The molecule has 46 valence electrons. The van der Waals surface area contributed by atoms with Crippen LogP contribution >= 0.6 is 11.6 Å². The molecule has 1 nitrogen and oxygen atoms in total. The summed E-state index contributed by atoms with van der Waals surface area (Å²) in [6.07, 6.45) is 2.52. The van der Waals surface area contributed by atoms with Crippen molar-refractivity contribution < 1.29 is 0 Å². The van der Waals surface area contributed by atoms with Crippen LogP contribution in [-0.4, -0.2) is 5.38 Å². The molecule has 0 rings (SSSR count). The Bertz CT molecular complexity index is 83.0. The zero-order chi connectivity index (χ0) is 6.41. The van der Waals surface area contributed by atoms with Gasteiger partial charge < -0.3 is 0 Å². The van der Waals surface area contributed by atoms with Crippen LogP contribution in [-0.2, 0) is 0 Å². The molecule has 1 atom stereocenters. The lowest BCUT2D eigenvalue weighted by atomic mass is 10.2. The van der Waals surface area contributed by atoms with Gasteiger partial charge in [0.25, 0.3) is 0 Å². The molecule has 0 fully saturated rings. The molecule has 0 saturated carbocycles. The quantitative estimate of drug-likeness (QED) is 0.426. The van der Waals surface area contributed by atoms with Crippen LogP contribution in [0.1, 0.15) is 26.2 Å². The van der Waals surface area contributed by atoms with Crippen molar-refractivity contribution in [2.24, 2.45) is 0 Å². The Hall–Kier alpha value is -0.220. The van der Waals surface area contributed by atoms with Gasteiger partial charge in [-0.05, 0) is 19.8 Å². The maximum absolute atomic E-state index is 8.09. The third kappa shape index (κ3) is 5.78. The smallest absolute Gasteiger partial charge is 0.0621 e. The van der Waals surface area contributed by atoms with E-state index in [4.69, 9.17) is 16.9 Å². The minimum absolute atomic E-state index is 0.225. The Balaban J connectivity index is 2.85. The lowest BCUT2D eigenvalue weighted by Gasteiger charge is -1.95. The largest absolute Gasteiger partial charge is 0.198 e. The highest BCUT2D eigenvalue weighted by Crippen LogP contribution is 2.04. The third-order valence-electron chi connectivity index (χ3n) is 0.890. The van der Waals surface area contributed by atoms with Gasteiger partial charge in [-0.15, -0.1) is 11.6 Å². The highest BCUT2D eigenvalue weighted by Gasteiger charge is 1.93. The minimum atomic E-state index is 0.225. The SMILES string of the molecule is CC(Cl)CCCC#N. The zero-order valence-electron chi connectivity index (χ0n) is 5.02. The van der Waals surface area contributed by atoms with E-state index in [1.165, 1.54) is 0 Å². The van der Waals surface area contributed by atoms with Gasteiger partial charge in [0, 0.05) is 11.8 Å². The van der Waals surface area contributed by atoms with E-state index in [9.17, 15) is 0 Å². The first kappa shape index (κ1) is 7.78. The van der Waals surface area contributed by atoms with E-state index < -0.39 is 0 Å². The first-order chi connectivity index (χ1) is 3.77. The van der Waals surface area contributed by atoms with Crippen molar-refractivity contribution >= 4 is 11.6 Å². The molecule has 0 aliphatic rings. The molecule has 0 radical (unpaired) electrons. The van der Waals surface area contributed by atoms with Crippen LogP contribution in [0, 0.1) is 11.3 Å². The number of nitrogens with zero attached hydrogens (tertiary/aromatic N) is 1. The second-order valence-electron chi connectivity index (χ2n) is 1.83.